The molecule has 2 heteroatoms. The van der Waals surface area contributed by atoms with Crippen LogP contribution in [0.2, 0.25) is 0 Å². The summed E-state index contributed by atoms with van der Waals surface area (Å²) >= 11 is 0. The van der Waals surface area contributed by atoms with E-state index in [-0.39, 0.29) is 0 Å². The maximum Gasteiger partial charge on any atom is 0.210 e. The van der Waals surface area contributed by atoms with Gasteiger partial charge in [-0.2, -0.15) is 0 Å². The largest absolute Gasteiger partial charge is 0.338 e. The highest BCUT2D eigenvalue weighted by molar-refractivity contribution is 5.50. The molecule has 1 heterocycles. The Morgan fingerprint density at radius 1 is 1.56 bits per heavy atom. The molecule has 2 nitrogen and oxygen atoms in total. The van der Waals surface area contributed by atoms with Gasteiger partial charge in [-0.1, -0.05) is 12.2 Å². The second kappa shape index (κ2) is 1.59. The van der Waals surface area contributed by atoms with Gasteiger partial charge in [0.15, 0.2) is 0 Å². The van der Waals surface area contributed by atoms with Gasteiger partial charge in [0.1, 0.15) is 0 Å². The van der Waals surface area contributed by atoms with E-state index in [4.69, 9.17) is 0 Å². The van der Waals surface area contributed by atoms with Crippen molar-refractivity contribution in [2.24, 2.45) is 5.92 Å². The predicted molar refractivity (Wildman–Crippen MR) is 33.8 cm³/mol. The molecule has 0 spiro atoms. The zero-order chi connectivity index (χ0) is 6.27. The smallest absolute Gasteiger partial charge is 0.210 e. The molecule has 0 saturated carbocycles. The van der Waals surface area contributed by atoms with Gasteiger partial charge in [-0.15, -0.1) is 0 Å². The molecule has 1 amide bonds. The van der Waals surface area contributed by atoms with E-state index in [1.807, 2.05) is 4.90 Å². The van der Waals surface area contributed by atoms with E-state index in [9.17, 15) is 4.79 Å². The van der Waals surface area contributed by atoms with Crippen LogP contribution in [0, 0.1) is 5.92 Å². The van der Waals surface area contributed by atoms with E-state index in [0.29, 0.717) is 12.0 Å². The number of nitrogens with zero attached hydrogens (tertiary/aromatic N) is 1. The number of rotatable bonds is 1. The molecule has 0 aromatic heterocycles. The summed E-state index contributed by atoms with van der Waals surface area (Å²) < 4.78 is 0. The van der Waals surface area contributed by atoms with Crippen LogP contribution in [0.25, 0.3) is 0 Å². The molecule has 48 valence electrons. The van der Waals surface area contributed by atoms with E-state index >= 15 is 0 Å². The first-order valence-corrected chi connectivity index (χ1v) is 3.29. The lowest BCUT2D eigenvalue weighted by Gasteiger charge is -2.17. The van der Waals surface area contributed by atoms with Gasteiger partial charge in [0.05, 0.1) is 6.04 Å². The van der Waals surface area contributed by atoms with Gasteiger partial charge in [0.25, 0.3) is 0 Å². The molecule has 0 aromatic rings. The van der Waals surface area contributed by atoms with Crippen LogP contribution in [-0.2, 0) is 4.79 Å². The summed E-state index contributed by atoms with van der Waals surface area (Å²) in [6.45, 7) is 0.949. The van der Waals surface area contributed by atoms with Crippen molar-refractivity contribution in [3.63, 3.8) is 0 Å². The summed E-state index contributed by atoms with van der Waals surface area (Å²) in [5.74, 6) is 0.667. The summed E-state index contributed by atoms with van der Waals surface area (Å²) in [5, 5.41) is 0. The van der Waals surface area contributed by atoms with Crippen molar-refractivity contribution in [2.45, 2.75) is 12.5 Å². The van der Waals surface area contributed by atoms with Crippen LogP contribution in [0.5, 0.6) is 0 Å². The predicted octanol–water partition coefficient (Wildman–Crippen LogP) is 0.403. The van der Waals surface area contributed by atoms with Gasteiger partial charge < -0.3 is 4.90 Å². The summed E-state index contributed by atoms with van der Waals surface area (Å²) in [4.78, 5) is 12.2. The zero-order valence-corrected chi connectivity index (χ0v) is 5.16. The fourth-order valence-corrected chi connectivity index (χ4v) is 1.66. The SMILES string of the molecule is O=CN1C[C@H]2C=C[C@H]1C2. The maximum absolute atomic E-state index is 10.3. The molecule has 2 rings (SSSR count). The molecule has 2 bridgehead atoms. The van der Waals surface area contributed by atoms with Crippen molar-refractivity contribution in [1.82, 2.24) is 4.90 Å². The lowest BCUT2D eigenvalue weighted by molar-refractivity contribution is -0.118. The number of carbonyl (C=O) groups excluding carboxylic acids is 1. The fourth-order valence-electron chi connectivity index (χ4n) is 1.66. The van der Waals surface area contributed by atoms with Gasteiger partial charge >= 0.3 is 0 Å². The molecule has 0 radical (unpaired) electrons. The number of hydrogen-bond acceptors (Lipinski definition) is 1. The maximum atomic E-state index is 10.3. The summed E-state index contributed by atoms with van der Waals surface area (Å²) in [7, 11) is 0. The van der Waals surface area contributed by atoms with Gasteiger partial charge in [-0.3, -0.25) is 4.79 Å². The molecule has 0 N–H and O–H groups in total. The van der Waals surface area contributed by atoms with Crippen molar-refractivity contribution >= 4 is 6.41 Å². The van der Waals surface area contributed by atoms with Crippen LogP contribution >= 0.6 is 0 Å². The Hall–Kier alpha value is -0.790. The molecule has 1 fully saturated rings. The topological polar surface area (TPSA) is 20.3 Å². The average molecular weight is 123 g/mol. The van der Waals surface area contributed by atoms with E-state index < -0.39 is 0 Å². The minimum Gasteiger partial charge on any atom is -0.338 e. The van der Waals surface area contributed by atoms with E-state index in [2.05, 4.69) is 12.2 Å². The van der Waals surface area contributed by atoms with Crippen molar-refractivity contribution in [3.05, 3.63) is 12.2 Å². The zero-order valence-electron chi connectivity index (χ0n) is 5.16. The third-order valence-corrected chi connectivity index (χ3v) is 2.16. The highest BCUT2D eigenvalue weighted by Gasteiger charge is 2.32. The number of likely N-dealkylation sites (tertiary alicyclic amines) is 1. The Kier molecular flexibility index (Phi) is 0.891. The second-order valence-electron chi connectivity index (χ2n) is 2.75. The van der Waals surface area contributed by atoms with Gasteiger partial charge in [-0.05, 0) is 12.3 Å². The van der Waals surface area contributed by atoms with Gasteiger partial charge in [0.2, 0.25) is 6.41 Å². The Morgan fingerprint density at radius 2 is 2.44 bits per heavy atom. The van der Waals surface area contributed by atoms with Crippen LogP contribution in [0.3, 0.4) is 0 Å². The number of fused-ring (bicyclic) bond motifs is 2. The van der Waals surface area contributed by atoms with E-state index in [0.717, 1.165) is 13.0 Å². The van der Waals surface area contributed by atoms with Crippen LogP contribution in [0.1, 0.15) is 6.42 Å². The molecular formula is C7H9NO. The van der Waals surface area contributed by atoms with E-state index in [1.165, 1.54) is 6.42 Å². The standard InChI is InChI=1S/C7H9NO/c9-5-8-4-6-1-2-7(8)3-6/h1-2,5-7H,3-4H2/t6-,7-/m0/s1. The van der Waals surface area contributed by atoms with Crippen molar-refractivity contribution < 1.29 is 4.79 Å². The monoisotopic (exact) mass is 123 g/mol. The first kappa shape index (κ1) is 5.03. The quantitative estimate of drug-likeness (QED) is 0.365. The summed E-state index contributed by atoms with van der Waals surface area (Å²) in [6, 6.07) is 0.437. The molecule has 2 atom stereocenters. The highest BCUT2D eigenvalue weighted by atomic mass is 16.1. The number of hydrogen-bond donors (Lipinski definition) is 0. The molecule has 9 heavy (non-hydrogen) atoms. The van der Waals surface area contributed by atoms with Crippen LogP contribution in [0.15, 0.2) is 12.2 Å². The fraction of sp³-hybridized carbons (Fsp3) is 0.571. The molecular weight excluding hydrogens is 114 g/mol. The lowest BCUT2D eigenvalue weighted by atomic mass is 10.2. The Bertz CT molecular complexity index is 164. The molecule has 1 saturated heterocycles. The second-order valence-corrected chi connectivity index (χ2v) is 2.75. The Morgan fingerprint density at radius 3 is 2.78 bits per heavy atom. The minimum absolute atomic E-state index is 0.437. The average Bonchev–Trinajstić information content (AvgIpc) is 2.45. The third kappa shape index (κ3) is 0.590. The van der Waals surface area contributed by atoms with Crippen molar-refractivity contribution in [1.29, 1.82) is 0 Å². The molecule has 2 aliphatic rings. The Labute approximate surface area is 54.1 Å². The first-order chi connectivity index (χ1) is 4.40. The van der Waals surface area contributed by atoms with Gasteiger partial charge in [-0.25, -0.2) is 0 Å². The van der Waals surface area contributed by atoms with Crippen LogP contribution in [-0.4, -0.2) is 23.9 Å². The Balaban J connectivity index is 2.19. The van der Waals surface area contributed by atoms with Crippen LogP contribution < -0.4 is 0 Å². The third-order valence-electron chi connectivity index (χ3n) is 2.16. The van der Waals surface area contributed by atoms with Crippen LogP contribution in [0.4, 0.5) is 0 Å². The minimum atomic E-state index is 0.437. The molecule has 0 unspecified atom stereocenters. The lowest BCUT2D eigenvalue weighted by Crippen LogP contribution is -2.27. The first-order valence-electron chi connectivity index (χ1n) is 3.29. The van der Waals surface area contributed by atoms with Crippen molar-refractivity contribution in [2.75, 3.05) is 6.54 Å². The van der Waals surface area contributed by atoms with Crippen molar-refractivity contribution in [3.8, 4) is 0 Å². The number of carbonyl (C=O) groups is 1. The highest BCUT2D eigenvalue weighted by Crippen LogP contribution is 2.29. The normalized spacial score (nSPS) is 38.0. The molecule has 1 aliphatic carbocycles. The number of amides is 1. The summed E-state index contributed by atoms with van der Waals surface area (Å²) in [6.07, 6.45) is 6.46. The van der Waals surface area contributed by atoms with Gasteiger partial charge in [0, 0.05) is 6.54 Å². The van der Waals surface area contributed by atoms with E-state index in [1.54, 1.807) is 0 Å². The molecule has 0 aromatic carbocycles. The molecule has 1 aliphatic heterocycles. The summed E-state index contributed by atoms with van der Waals surface area (Å²) in [5.41, 5.74) is 0.